The van der Waals surface area contributed by atoms with Crippen molar-refractivity contribution in [3.63, 3.8) is 0 Å². The molecule has 0 aliphatic carbocycles. The second-order valence-electron chi connectivity index (χ2n) is 9.15. The summed E-state index contributed by atoms with van der Waals surface area (Å²) in [5.41, 5.74) is 7.09. The van der Waals surface area contributed by atoms with Crippen LogP contribution < -0.4 is 5.46 Å². The molecular formula is C33H24BN3O2. The minimum atomic E-state index is -1.52. The smallest absolute Gasteiger partial charge is 0.423 e. The molecule has 0 fully saturated rings. The van der Waals surface area contributed by atoms with Crippen molar-refractivity contribution in [3.05, 3.63) is 133 Å². The highest BCUT2D eigenvalue weighted by Crippen LogP contribution is 2.28. The van der Waals surface area contributed by atoms with Crippen molar-refractivity contribution in [2.24, 2.45) is 0 Å². The van der Waals surface area contributed by atoms with Gasteiger partial charge in [0.05, 0.1) is 0 Å². The average molecular weight is 505 g/mol. The van der Waals surface area contributed by atoms with E-state index in [0.717, 1.165) is 38.9 Å². The van der Waals surface area contributed by atoms with E-state index < -0.39 is 7.12 Å². The molecule has 0 radical (unpaired) electrons. The van der Waals surface area contributed by atoms with Crippen molar-refractivity contribution >= 4 is 12.6 Å². The zero-order valence-corrected chi connectivity index (χ0v) is 21.0. The third-order valence-corrected chi connectivity index (χ3v) is 6.61. The molecule has 0 saturated heterocycles. The molecule has 0 aliphatic heterocycles. The summed E-state index contributed by atoms with van der Waals surface area (Å²) in [6.45, 7) is 0. The summed E-state index contributed by atoms with van der Waals surface area (Å²) >= 11 is 0. The van der Waals surface area contributed by atoms with Gasteiger partial charge in [0.15, 0.2) is 17.5 Å². The summed E-state index contributed by atoms with van der Waals surface area (Å²) in [4.78, 5) is 14.4. The van der Waals surface area contributed by atoms with Gasteiger partial charge in [0.2, 0.25) is 0 Å². The van der Waals surface area contributed by atoms with Crippen molar-refractivity contribution in [3.8, 4) is 56.4 Å². The van der Waals surface area contributed by atoms with Crippen LogP contribution in [0.2, 0.25) is 0 Å². The fraction of sp³-hybridized carbons (Fsp3) is 0. The van der Waals surface area contributed by atoms with Crippen LogP contribution >= 0.6 is 0 Å². The van der Waals surface area contributed by atoms with E-state index in [-0.39, 0.29) is 0 Å². The van der Waals surface area contributed by atoms with Crippen LogP contribution in [0.3, 0.4) is 0 Å². The highest BCUT2D eigenvalue weighted by atomic mass is 16.4. The Balaban J connectivity index is 1.33. The zero-order valence-electron chi connectivity index (χ0n) is 21.0. The van der Waals surface area contributed by atoms with E-state index in [9.17, 15) is 10.0 Å². The molecule has 39 heavy (non-hydrogen) atoms. The van der Waals surface area contributed by atoms with Crippen LogP contribution in [0, 0.1) is 0 Å². The molecule has 2 N–H and O–H groups in total. The van der Waals surface area contributed by atoms with E-state index in [1.807, 2.05) is 109 Å². The zero-order chi connectivity index (χ0) is 26.6. The van der Waals surface area contributed by atoms with Crippen LogP contribution in [0.25, 0.3) is 56.4 Å². The van der Waals surface area contributed by atoms with Gasteiger partial charge in [-0.25, -0.2) is 15.0 Å². The molecule has 6 aromatic rings. The lowest BCUT2D eigenvalue weighted by Gasteiger charge is -2.11. The molecule has 0 amide bonds. The Hall–Kier alpha value is -4.91. The second kappa shape index (κ2) is 10.8. The summed E-state index contributed by atoms with van der Waals surface area (Å²) in [6, 6.07) is 43.4. The Morgan fingerprint density at radius 3 is 1.18 bits per heavy atom. The highest BCUT2D eigenvalue weighted by molar-refractivity contribution is 6.60. The topological polar surface area (TPSA) is 79.1 Å². The van der Waals surface area contributed by atoms with Gasteiger partial charge >= 0.3 is 7.12 Å². The van der Waals surface area contributed by atoms with Gasteiger partial charge in [-0.2, -0.15) is 0 Å². The fourth-order valence-electron chi connectivity index (χ4n) is 4.58. The maximum atomic E-state index is 9.72. The lowest BCUT2D eigenvalue weighted by atomic mass is 9.75. The lowest BCUT2D eigenvalue weighted by molar-refractivity contribution is 0.426. The number of nitrogens with zero attached hydrogens (tertiary/aromatic N) is 3. The molecular weight excluding hydrogens is 481 g/mol. The van der Waals surface area contributed by atoms with Crippen LogP contribution in [-0.4, -0.2) is 32.1 Å². The van der Waals surface area contributed by atoms with Crippen molar-refractivity contribution < 1.29 is 10.0 Å². The minimum absolute atomic E-state index is 0.483. The molecule has 1 aromatic heterocycles. The van der Waals surface area contributed by atoms with Crippen LogP contribution in [0.4, 0.5) is 0 Å². The van der Waals surface area contributed by atoms with Gasteiger partial charge in [-0.15, -0.1) is 0 Å². The summed E-state index contributed by atoms with van der Waals surface area (Å²) in [7, 11) is -1.52. The molecule has 0 bridgehead atoms. The van der Waals surface area contributed by atoms with Crippen molar-refractivity contribution in [1.29, 1.82) is 0 Å². The maximum absolute atomic E-state index is 9.72. The van der Waals surface area contributed by atoms with E-state index in [4.69, 9.17) is 15.0 Å². The van der Waals surface area contributed by atoms with E-state index in [0.29, 0.717) is 22.9 Å². The van der Waals surface area contributed by atoms with E-state index in [1.54, 1.807) is 12.1 Å². The van der Waals surface area contributed by atoms with Crippen molar-refractivity contribution in [2.75, 3.05) is 0 Å². The first-order valence-electron chi connectivity index (χ1n) is 12.7. The Morgan fingerprint density at radius 1 is 0.359 bits per heavy atom. The van der Waals surface area contributed by atoms with Crippen LogP contribution in [0.15, 0.2) is 133 Å². The molecule has 0 atom stereocenters. The Morgan fingerprint density at radius 2 is 0.718 bits per heavy atom. The van der Waals surface area contributed by atoms with Gasteiger partial charge in [0.1, 0.15) is 0 Å². The minimum Gasteiger partial charge on any atom is -0.423 e. The molecule has 0 unspecified atom stereocenters. The quantitative estimate of drug-likeness (QED) is 0.276. The number of benzene rings is 5. The van der Waals surface area contributed by atoms with E-state index in [1.165, 1.54) is 0 Å². The molecule has 6 heteroatoms. The SMILES string of the molecule is OB(O)c1ccccc1-c1ccc(-c2ccc(-c3nc(-c4ccccc4)nc(-c4ccccc4)n3)cc2)cc1. The second-order valence-corrected chi connectivity index (χ2v) is 9.15. The Labute approximate surface area is 227 Å². The Kier molecular flexibility index (Phi) is 6.79. The predicted octanol–water partition coefficient (Wildman–Crippen LogP) is 5.89. The lowest BCUT2D eigenvalue weighted by Crippen LogP contribution is -2.31. The van der Waals surface area contributed by atoms with Gasteiger partial charge < -0.3 is 10.0 Å². The van der Waals surface area contributed by atoms with Crippen molar-refractivity contribution in [1.82, 2.24) is 15.0 Å². The molecule has 0 aliphatic rings. The first kappa shape index (κ1) is 24.4. The van der Waals surface area contributed by atoms with Gasteiger partial charge in [-0.3, -0.25) is 0 Å². The van der Waals surface area contributed by atoms with Gasteiger partial charge in [0.25, 0.3) is 0 Å². The normalized spacial score (nSPS) is 10.8. The van der Waals surface area contributed by atoms with E-state index >= 15 is 0 Å². The summed E-state index contributed by atoms with van der Waals surface area (Å²) in [5, 5.41) is 19.4. The van der Waals surface area contributed by atoms with Crippen molar-refractivity contribution in [2.45, 2.75) is 0 Å². The molecule has 186 valence electrons. The number of hydrogen-bond acceptors (Lipinski definition) is 5. The number of aromatic nitrogens is 3. The maximum Gasteiger partial charge on any atom is 0.489 e. The fourth-order valence-corrected chi connectivity index (χ4v) is 4.58. The summed E-state index contributed by atoms with van der Waals surface area (Å²) < 4.78 is 0. The van der Waals surface area contributed by atoms with Crippen LogP contribution in [0.5, 0.6) is 0 Å². The monoisotopic (exact) mass is 505 g/mol. The number of hydrogen-bond donors (Lipinski definition) is 2. The first-order chi connectivity index (χ1) is 19.2. The molecule has 1 heterocycles. The standard InChI is InChI=1S/C33H24BN3O2/c38-34(39)30-14-8-7-13-29(30)25-19-15-23(16-20-25)24-17-21-28(22-18-24)33-36-31(26-9-3-1-4-10-26)35-32(37-33)27-11-5-2-6-12-27/h1-22,38-39H. The molecule has 0 saturated carbocycles. The Bertz CT molecular complexity index is 1650. The molecule has 0 spiro atoms. The molecule has 5 nitrogen and oxygen atoms in total. The number of rotatable bonds is 6. The summed E-state index contributed by atoms with van der Waals surface area (Å²) in [5.74, 6) is 1.88. The average Bonchev–Trinajstić information content (AvgIpc) is 3.02. The molecule has 5 aromatic carbocycles. The predicted molar refractivity (Wildman–Crippen MR) is 157 cm³/mol. The third-order valence-electron chi connectivity index (χ3n) is 6.61. The van der Waals surface area contributed by atoms with Gasteiger partial charge in [-0.1, -0.05) is 133 Å². The largest absolute Gasteiger partial charge is 0.489 e. The summed E-state index contributed by atoms with van der Waals surface area (Å²) in [6.07, 6.45) is 0. The van der Waals surface area contributed by atoms with Crippen LogP contribution in [0.1, 0.15) is 0 Å². The highest BCUT2D eigenvalue weighted by Gasteiger charge is 2.16. The van der Waals surface area contributed by atoms with E-state index in [2.05, 4.69) is 12.1 Å². The first-order valence-corrected chi connectivity index (χ1v) is 12.7. The van der Waals surface area contributed by atoms with Gasteiger partial charge in [0, 0.05) is 16.7 Å². The molecule has 6 rings (SSSR count). The van der Waals surface area contributed by atoms with Crippen LogP contribution in [-0.2, 0) is 0 Å². The van der Waals surface area contributed by atoms with Gasteiger partial charge in [-0.05, 0) is 27.7 Å². The third kappa shape index (κ3) is 5.25.